The quantitative estimate of drug-likeness (QED) is 0.907. The van der Waals surface area contributed by atoms with E-state index in [2.05, 4.69) is 19.9 Å². The van der Waals surface area contributed by atoms with E-state index in [1.165, 1.54) is 10.6 Å². The van der Waals surface area contributed by atoms with Gasteiger partial charge in [-0.3, -0.25) is 0 Å². The molecule has 0 atom stereocenters. The lowest BCUT2D eigenvalue weighted by Crippen LogP contribution is -2.45. The van der Waals surface area contributed by atoms with Crippen molar-refractivity contribution in [3.05, 3.63) is 18.6 Å². The number of rotatable bonds is 3. The van der Waals surface area contributed by atoms with Crippen molar-refractivity contribution in [1.82, 2.24) is 19.3 Å². The Morgan fingerprint density at radius 2 is 2.05 bits per heavy atom. The summed E-state index contributed by atoms with van der Waals surface area (Å²) >= 11 is 0. The number of piperidine rings is 1. The summed E-state index contributed by atoms with van der Waals surface area (Å²) in [6.07, 6.45) is 6.28. The molecular weight excluding hydrogens is 290 g/mol. The molecule has 114 valence electrons. The highest BCUT2D eigenvalue weighted by molar-refractivity contribution is 7.88. The highest BCUT2D eigenvalue weighted by Crippen LogP contribution is 2.26. The molecule has 0 spiro atoms. The first kappa shape index (κ1) is 14.3. The number of anilines is 1. The van der Waals surface area contributed by atoms with E-state index in [0.717, 1.165) is 42.8 Å². The molecule has 0 bridgehead atoms. The van der Waals surface area contributed by atoms with E-state index in [-0.39, 0.29) is 6.04 Å². The average molecular weight is 309 g/mol. The van der Waals surface area contributed by atoms with Gasteiger partial charge in [0.05, 0.1) is 11.6 Å². The highest BCUT2D eigenvalue weighted by Gasteiger charge is 2.28. The number of nitrogens with one attached hydrogen (secondary N) is 1. The van der Waals surface area contributed by atoms with Gasteiger partial charge in [-0.05, 0) is 18.9 Å². The van der Waals surface area contributed by atoms with Gasteiger partial charge in [-0.25, -0.2) is 22.7 Å². The topological polar surface area (TPSA) is 82.2 Å². The Balaban J connectivity index is 1.76. The van der Waals surface area contributed by atoms with Gasteiger partial charge in [-0.2, -0.15) is 0 Å². The Morgan fingerprint density at radius 1 is 1.33 bits per heavy atom. The van der Waals surface area contributed by atoms with Crippen molar-refractivity contribution in [2.45, 2.75) is 18.9 Å². The van der Waals surface area contributed by atoms with Crippen LogP contribution in [0.4, 0.5) is 5.82 Å². The highest BCUT2D eigenvalue weighted by atomic mass is 32.2. The molecule has 0 aromatic carbocycles. The summed E-state index contributed by atoms with van der Waals surface area (Å²) < 4.78 is 24.7. The van der Waals surface area contributed by atoms with Crippen molar-refractivity contribution in [2.24, 2.45) is 0 Å². The Hall–Kier alpha value is -1.67. The number of nitrogens with zero attached hydrogens (tertiary/aromatic N) is 4. The van der Waals surface area contributed by atoms with E-state index < -0.39 is 10.0 Å². The monoisotopic (exact) mass is 309 g/mol. The van der Waals surface area contributed by atoms with Crippen LogP contribution in [0, 0.1) is 0 Å². The molecule has 1 N–H and O–H groups in total. The standard InChI is InChI=1S/C13H19N5O2S/c1-17(21(2,19)20)10-4-7-18(8-5-10)13-11-3-6-14-12(11)15-9-16-13/h3,6,9-10H,4-5,7-8H2,1-2H3,(H,14,15,16). The minimum Gasteiger partial charge on any atom is -0.356 e. The van der Waals surface area contributed by atoms with Crippen LogP contribution < -0.4 is 4.90 Å². The minimum atomic E-state index is -3.13. The van der Waals surface area contributed by atoms with Crippen LogP contribution in [0.25, 0.3) is 11.0 Å². The van der Waals surface area contributed by atoms with Gasteiger partial charge in [0.25, 0.3) is 0 Å². The molecule has 2 aromatic heterocycles. The van der Waals surface area contributed by atoms with Crippen LogP contribution in [0.5, 0.6) is 0 Å². The van der Waals surface area contributed by atoms with Crippen molar-refractivity contribution in [2.75, 3.05) is 31.3 Å². The Morgan fingerprint density at radius 3 is 2.71 bits per heavy atom. The third-order valence-corrected chi connectivity index (χ3v) is 5.48. The normalized spacial score (nSPS) is 17.8. The summed E-state index contributed by atoms with van der Waals surface area (Å²) in [5.41, 5.74) is 0.829. The van der Waals surface area contributed by atoms with Gasteiger partial charge in [0.2, 0.25) is 10.0 Å². The second-order valence-electron chi connectivity index (χ2n) is 5.43. The van der Waals surface area contributed by atoms with Crippen molar-refractivity contribution in [1.29, 1.82) is 0 Å². The number of sulfonamides is 1. The van der Waals surface area contributed by atoms with Crippen LogP contribution in [0.1, 0.15) is 12.8 Å². The third kappa shape index (κ3) is 2.73. The fraction of sp³-hybridized carbons (Fsp3) is 0.538. The third-order valence-electron chi connectivity index (χ3n) is 4.13. The molecule has 0 aliphatic carbocycles. The second-order valence-corrected chi connectivity index (χ2v) is 7.48. The predicted octanol–water partition coefficient (Wildman–Crippen LogP) is 0.818. The van der Waals surface area contributed by atoms with E-state index in [9.17, 15) is 8.42 Å². The van der Waals surface area contributed by atoms with Gasteiger partial charge in [0, 0.05) is 32.4 Å². The van der Waals surface area contributed by atoms with Crippen LogP contribution >= 0.6 is 0 Å². The van der Waals surface area contributed by atoms with Crippen molar-refractivity contribution >= 4 is 26.9 Å². The summed E-state index contributed by atoms with van der Waals surface area (Å²) in [7, 11) is -1.47. The zero-order chi connectivity index (χ0) is 15.0. The maximum absolute atomic E-state index is 11.6. The molecule has 8 heteroatoms. The first-order valence-corrected chi connectivity index (χ1v) is 8.77. The van der Waals surface area contributed by atoms with Gasteiger partial charge in [0.15, 0.2) is 0 Å². The summed E-state index contributed by atoms with van der Waals surface area (Å²) in [4.78, 5) is 13.9. The molecule has 0 saturated carbocycles. The van der Waals surface area contributed by atoms with Crippen molar-refractivity contribution in [3.8, 4) is 0 Å². The predicted molar refractivity (Wildman–Crippen MR) is 81.7 cm³/mol. The van der Waals surface area contributed by atoms with E-state index in [4.69, 9.17) is 0 Å². The number of fused-ring (bicyclic) bond motifs is 1. The molecule has 1 saturated heterocycles. The summed E-state index contributed by atoms with van der Waals surface area (Å²) in [5, 5.41) is 1.01. The van der Waals surface area contributed by atoms with E-state index >= 15 is 0 Å². The molecule has 3 rings (SSSR count). The zero-order valence-corrected chi connectivity index (χ0v) is 13.0. The number of aromatic amines is 1. The molecule has 2 aromatic rings. The van der Waals surface area contributed by atoms with Gasteiger partial charge in [0.1, 0.15) is 17.8 Å². The molecule has 21 heavy (non-hydrogen) atoms. The fourth-order valence-electron chi connectivity index (χ4n) is 2.82. The van der Waals surface area contributed by atoms with Crippen molar-refractivity contribution < 1.29 is 8.42 Å². The maximum atomic E-state index is 11.6. The number of hydrogen-bond donors (Lipinski definition) is 1. The van der Waals surface area contributed by atoms with Crippen LogP contribution in [0.15, 0.2) is 18.6 Å². The van der Waals surface area contributed by atoms with Crippen LogP contribution in [-0.2, 0) is 10.0 Å². The Bertz CT molecular complexity index is 734. The van der Waals surface area contributed by atoms with Gasteiger partial charge in [-0.15, -0.1) is 0 Å². The molecule has 3 heterocycles. The van der Waals surface area contributed by atoms with Crippen LogP contribution in [0.2, 0.25) is 0 Å². The first-order chi connectivity index (χ1) is 9.97. The molecular formula is C13H19N5O2S. The lowest BCUT2D eigenvalue weighted by molar-refractivity contribution is 0.313. The molecule has 1 aliphatic rings. The largest absolute Gasteiger partial charge is 0.356 e. The Labute approximate surface area is 124 Å². The number of H-pyrrole nitrogens is 1. The van der Waals surface area contributed by atoms with E-state index in [0.29, 0.717) is 0 Å². The molecule has 0 radical (unpaired) electrons. The van der Waals surface area contributed by atoms with E-state index in [1.54, 1.807) is 13.4 Å². The minimum absolute atomic E-state index is 0.0693. The molecule has 1 fully saturated rings. The Kier molecular flexibility index (Phi) is 3.58. The lowest BCUT2D eigenvalue weighted by Gasteiger charge is -2.36. The van der Waals surface area contributed by atoms with Crippen LogP contribution in [-0.4, -0.2) is 60.1 Å². The second kappa shape index (κ2) is 5.27. The van der Waals surface area contributed by atoms with Gasteiger partial charge in [-0.1, -0.05) is 0 Å². The molecule has 7 nitrogen and oxygen atoms in total. The van der Waals surface area contributed by atoms with Gasteiger partial charge < -0.3 is 9.88 Å². The SMILES string of the molecule is CN(C1CCN(c2ncnc3[nH]ccc23)CC1)S(C)(=O)=O. The van der Waals surface area contributed by atoms with E-state index in [1.807, 2.05) is 12.3 Å². The summed E-state index contributed by atoms with van der Waals surface area (Å²) in [6, 6.07) is 2.04. The van der Waals surface area contributed by atoms with Gasteiger partial charge >= 0.3 is 0 Å². The smallest absolute Gasteiger partial charge is 0.211 e. The lowest BCUT2D eigenvalue weighted by atomic mass is 10.1. The van der Waals surface area contributed by atoms with Crippen LogP contribution in [0.3, 0.4) is 0 Å². The average Bonchev–Trinajstić information content (AvgIpc) is 2.94. The first-order valence-electron chi connectivity index (χ1n) is 6.93. The molecule has 0 unspecified atom stereocenters. The fourth-order valence-corrected chi connectivity index (χ4v) is 3.58. The maximum Gasteiger partial charge on any atom is 0.211 e. The van der Waals surface area contributed by atoms with Crippen molar-refractivity contribution in [3.63, 3.8) is 0 Å². The zero-order valence-electron chi connectivity index (χ0n) is 12.2. The summed E-state index contributed by atoms with van der Waals surface area (Å²) in [6.45, 7) is 1.59. The number of aromatic nitrogens is 3. The number of hydrogen-bond acceptors (Lipinski definition) is 5. The molecule has 1 aliphatic heterocycles. The molecule has 0 amide bonds. The summed E-state index contributed by atoms with van der Waals surface area (Å²) in [5.74, 6) is 0.918.